The van der Waals surface area contributed by atoms with Gasteiger partial charge in [-0.1, -0.05) is 11.6 Å². The summed E-state index contributed by atoms with van der Waals surface area (Å²) in [5.41, 5.74) is 5.06. The molecule has 0 atom stereocenters. The van der Waals surface area contributed by atoms with Gasteiger partial charge in [-0.25, -0.2) is 17.5 Å². The Hall–Kier alpha value is -0.410. The zero-order valence-electron chi connectivity index (χ0n) is 9.34. The number of nitrogens with one attached hydrogen (secondary N) is 1. The summed E-state index contributed by atoms with van der Waals surface area (Å²) in [5, 5.41) is 0.0148. The second-order valence-electron chi connectivity index (χ2n) is 3.29. The van der Waals surface area contributed by atoms with Gasteiger partial charge in [-0.05, 0) is 22.0 Å². The average Bonchev–Trinajstić information content (AvgIpc) is 2.31. The molecule has 0 unspecified atom stereocenters. The maximum Gasteiger partial charge on any atom is 0.243 e. The van der Waals surface area contributed by atoms with E-state index in [-0.39, 0.29) is 28.3 Å². The number of hydrogen-bond donors (Lipinski definition) is 2. The van der Waals surface area contributed by atoms with Crippen LogP contribution >= 0.6 is 27.5 Å². The molecule has 0 spiro atoms. The fraction of sp³-hybridized carbons (Fsp3) is 0.333. The highest BCUT2D eigenvalue weighted by molar-refractivity contribution is 9.10. The fourth-order valence-corrected chi connectivity index (χ4v) is 2.84. The van der Waals surface area contributed by atoms with E-state index in [1.54, 1.807) is 0 Å². The minimum Gasteiger partial charge on any atom is -0.395 e. The van der Waals surface area contributed by atoms with Gasteiger partial charge in [0.25, 0.3) is 0 Å². The zero-order valence-corrected chi connectivity index (χ0v) is 12.5. The largest absolute Gasteiger partial charge is 0.395 e. The van der Waals surface area contributed by atoms with Crippen LogP contribution in [-0.4, -0.2) is 28.7 Å². The van der Waals surface area contributed by atoms with Gasteiger partial charge < -0.3 is 10.5 Å². The number of benzene rings is 1. The van der Waals surface area contributed by atoms with E-state index in [2.05, 4.69) is 20.7 Å². The maximum absolute atomic E-state index is 13.8. The summed E-state index contributed by atoms with van der Waals surface area (Å²) < 4.78 is 44.4. The van der Waals surface area contributed by atoms with E-state index >= 15 is 0 Å². The highest BCUT2D eigenvalue weighted by Crippen LogP contribution is 2.34. The molecule has 0 aliphatic carbocycles. The van der Waals surface area contributed by atoms with Crippen molar-refractivity contribution in [2.45, 2.75) is 4.90 Å². The van der Waals surface area contributed by atoms with Crippen LogP contribution in [0, 0.1) is 5.82 Å². The molecule has 0 fully saturated rings. The molecule has 1 rings (SSSR count). The van der Waals surface area contributed by atoms with Crippen molar-refractivity contribution in [1.29, 1.82) is 0 Å². The molecule has 0 radical (unpaired) electrons. The summed E-state index contributed by atoms with van der Waals surface area (Å²) in [5.74, 6) is -1.05. The summed E-state index contributed by atoms with van der Waals surface area (Å²) in [6, 6.07) is 0.993. The monoisotopic (exact) mass is 360 g/mol. The van der Waals surface area contributed by atoms with Gasteiger partial charge in [0.15, 0.2) is 5.82 Å². The van der Waals surface area contributed by atoms with Crippen molar-refractivity contribution >= 4 is 43.2 Å². The molecule has 3 N–H and O–H groups in total. The molecular weight excluding hydrogens is 351 g/mol. The Morgan fingerprint density at radius 2 is 2.22 bits per heavy atom. The van der Waals surface area contributed by atoms with Gasteiger partial charge >= 0.3 is 0 Å². The number of nitrogen functional groups attached to an aromatic ring is 1. The van der Waals surface area contributed by atoms with Gasteiger partial charge in [-0.15, -0.1) is 0 Å². The van der Waals surface area contributed by atoms with E-state index in [4.69, 9.17) is 22.1 Å². The molecule has 0 amide bonds. The van der Waals surface area contributed by atoms with Crippen LogP contribution < -0.4 is 10.5 Å². The molecule has 18 heavy (non-hydrogen) atoms. The Morgan fingerprint density at radius 3 is 2.78 bits per heavy atom. The van der Waals surface area contributed by atoms with E-state index in [1.807, 2.05) is 0 Å². The quantitative estimate of drug-likeness (QED) is 0.475. The van der Waals surface area contributed by atoms with Gasteiger partial charge in [0.2, 0.25) is 10.0 Å². The Balaban J connectivity index is 3.17. The Morgan fingerprint density at radius 1 is 1.61 bits per heavy atom. The van der Waals surface area contributed by atoms with Crippen LogP contribution in [0.1, 0.15) is 0 Å². The fourth-order valence-electron chi connectivity index (χ4n) is 1.15. The van der Waals surface area contributed by atoms with Crippen molar-refractivity contribution in [1.82, 2.24) is 4.72 Å². The molecule has 0 saturated carbocycles. The highest BCUT2D eigenvalue weighted by atomic mass is 79.9. The van der Waals surface area contributed by atoms with Crippen LogP contribution in [-0.2, 0) is 14.8 Å². The molecule has 0 aliphatic rings. The Labute approximate surface area is 118 Å². The molecule has 0 saturated heterocycles. The number of halogens is 3. The summed E-state index contributed by atoms with van der Waals surface area (Å²) in [7, 11) is -2.60. The van der Waals surface area contributed by atoms with E-state index in [0.29, 0.717) is 0 Å². The molecule has 0 heterocycles. The molecular formula is C9H11BrClFN2O3S. The lowest BCUT2D eigenvalue weighted by Gasteiger charge is -2.10. The van der Waals surface area contributed by atoms with E-state index in [9.17, 15) is 12.8 Å². The Kier molecular flexibility index (Phi) is 5.35. The first-order valence-electron chi connectivity index (χ1n) is 4.73. The number of hydrogen-bond acceptors (Lipinski definition) is 4. The van der Waals surface area contributed by atoms with Gasteiger partial charge in [0.05, 0.1) is 21.8 Å². The first-order valence-corrected chi connectivity index (χ1v) is 7.38. The minimum atomic E-state index is -4.02. The first-order chi connectivity index (χ1) is 8.31. The number of nitrogens with two attached hydrogens (primary N) is 1. The van der Waals surface area contributed by atoms with E-state index in [1.165, 1.54) is 7.11 Å². The second kappa shape index (κ2) is 6.16. The smallest absolute Gasteiger partial charge is 0.243 e. The van der Waals surface area contributed by atoms with Crippen LogP contribution in [0.15, 0.2) is 15.4 Å². The molecule has 1 aromatic carbocycles. The van der Waals surface area contributed by atoms with Gasteiger partial charge in [-0.3, -0.25) is 0 Å². The SMILES string of the molecule is COCCNS(=O)(=O)c1cc(Cl)c(Br)c(N)c1F. The number of ether oxygens (including phenoxy) is 1. The maximum atomic E-state index is 13.8. The van der Waals surface area contributed by atoms with Crippen LogP contribution in [0.3, 0.4) is 0 Å². The third kappa shape index (κ3) is 3.33. The van der Waals surface area contributed by atoms with Crippen LogP contribution in [0.5, 0.6) is 0 Å². The predicted molar refractivity (Wildman–Crippen MR) is 70.6 cm³/mol. The zero-order chi connectivity index (χ0) is 13.9. The molecule has 0 aliphatic heterocycles. The van der Waals surface area contributed by atoms with Gasteiger partial charge in [0, 0.05) is 13.7 Å². The average molecular weight is 362 g/mol. The number of rotatable bonds is 5. The summed E-state index contributed by atoms with van der Waals surface area (Å²) in [6.45, 7) is 0.187. The van der Waals surface area contributed by atoms with Crippen LogP contribution in [0.25, 0.3) is 0 Å². The number of sulfonamides is 1. The van der Waals surface area contributed by atoms with Crippen molar-refractivity contribution < 1.29 is 17.5 Å². The van der Waals surface area contributed by atoms with Crippen molar-refractivity contribution in [2.75, 3.05) is 26.0 Å². The standard InChI is InChI=1S/C9H11BrClFN2O3S/c1-17-3-2-14-18(15,16)6-4-5(11)7(10)9(13)8(6)12/h4,14H,2-3,13H2,1H3. The predicted octanol–water partition coefficient (Wildman–Crippen LogP) is 1.75. The Bertz CT molecular complexity index is 553. The van der Waals surface area contributed by atoms with Crippen LogP contribution in [0.4, 0.5) is 10.1 Å². The molecule has 0 aromatic heterocycles. The lowest BCUT2D eigenvalue weighted by molar-refractivity contribution is 0.204. The third-order valence-electron chi connectivity index (χ3n) is 2.04. The first kappa shape index (κ1) is 15.6. The van der Waals surface area contributed by atoms with Gasteiger partial charge in [-0.2, -0.15) is 0 Å². The van der Waals surface area contributed by atoms with Crippen molar-refractivity contribution in [3.05, 3.63) is 21.4 Å². The van der Waals surface area contributed by atoms with Crippen molar-refractivity contribution in [3.63, 3.8) is 0 Å². The summed E-state index contributed by atoms with van der Waals surface area (Å²) in [4.78, 5) is -0.593. The van der Waals surface area contributed by atoms with E-state index in [0.717, 1.165) is 6.07 Å². The topological polar surface area (TPSA) is 81.4 Å². The normalized spacial score (nSPS) is 11.8. The lowest BCUT2D eigenvalue weighted by atomic mass is 10.3. The lowest BCUT2D eigenvalue weighted by Crippen LogP contribution is -2.28. The molecule has 1 aromatic rings. The number of anilines is 1. The molecule has 102 valence electrons. The molecule has 0 bridgehead atoms. The van der Waals surface area contributed by atoms with Crippen molar-refractivity contribution in [3.8, 4) is 0 Å². The number of methoxy groups -OCH3 is 1. The van der Waals surface area contributed by atoms with Crippen molar-refractivity contribution in [2.24, 2.45) is 0 Å². The summed E-state index contributed by atoms with van der Waals surface area (Å²) >= 11 is 8.71. The van der Waals surface area contributed by atoms with Gasteiger partial charge in [0.1, 0.15) is 4.90 Å². The van der Waals surface area contributed by atoms with Crippen LogP contribution in [0.2, 0.25) is 5.02 Å². The second-order valence-corrected chi connectivity index (χ2v) is 6.22. The minimum absolute atomic E-state index is 0.0148. The molecule has 9 heteroatoms. The highest BCUT2D eigenvalue weighted by Gasteiger charge is 2.23. The summed E-state index contributed by atoms with van der Waals surface area (Å²) in [6.07, 6.45) is 0. The molecule has 5 nitrogen and oxygen atoms in total. The third-order valence-corrected chi connectivity index (χ3v) is 4.89. The van der Waals surface area contributed by atoms with E-state index < -0.39 is 20.7 Å².